The zero-order chi connectivity index (χ0) is 16.4. The number of hydrogen-bond donors (Lipinski definition) is 0. The number of fused-ring (bicyclic) bond motifs is 1. The van der Waals surface area contributed by atoms with Crippen molar-refractivity contribution in [3.63, 3.8) is 0 Å². The fourth-order valence-electron chi connectivity index (χ4n) is 3.80. The van der Waals surface area contributed by atoms with Crippen LogP contribution in [0.4, 0.5) is 0 Å². The number of hydrogen-bond acceptors (Lipinski definition) is 3. The summed E-state index contributed by atoms with van der Waals surface area (Å²) < 4.78 is 2.03. The highest BCUT2D eigenvalue weighted by molar-refractivity contribution is 5.79. The van der Waals surface area contributed by atoms with Crippen LogP contribution in [-0.4, -0.2) is 51.7 Å². The van der Waals surface area contributed by atoms with Crippen molar-refractivity contribution >= 4 is 5.91 Å². The molecule has 0 spiro atoms. The number of rotatable bonds is 3. The molecule has 1 aromatic carbocycles. The molecule has 3 heterocycles. The van der Waals surface area contributed by atoms with E-state index < -0.39 is 0 Å². The number of nitrogens with zero attached hydrogens (tertiary/aromatic N) is 4. The van der Waals surface area contributed by atoms with Gasteiger partial charge in [-0.2, -0.15) is 5.10 Å². The maximum atomic E-state index is 12.8. The lowest BCUT2D eigenvalue weighted by Crippen LogP contribution is -2.50. The van der Waals surface area contributed by atoms with Crippen LogP contribution in [0.3, 0.4) is 0 Å². The standard InChI is InChI=1S/C19H24N4O/c24-19(17-7-9-23-18(14-17)6-8-20-23)22-12-10-21(11-13-22)15-16-4-2-1-3-5-16/h1-6,8,17H,7,9-15H2. The maximum Gasteiger partial charge on any atom is 0.226 e. The molecule has 0 saturated carbocycles. The predicted molar refractivity (Wildman–Crippen MR) is 92.3 cm³/mol. The van der Waals surface area contributed by atoms with Gasteiger partial charge in [-0.3, -0.25) is 14.4 Å². The molecule has 0 aliphatic carbocycles. The molecular formula is C19H24N4O. The van der Waals surface area contributed by atoms with Gasteiger partial charge in [0.05, 0.1) is 0 Å². The van der Waals surface area contributed by atoms with Crippen LogP contribution in [0.2, 0.25) is 0 Å². The Morgan fingerprint density at radius 3 is 2.62 bits per heavy atom. The smallest absolute Gasteiger partial charge is 0.226 e. The number of carbonyl (C=O) groups excluding carboxylic acids is 1. The third kappa shape index (κ3) is 3.22. The van der Waals surface area contributed by atoms with Gasteiger partial charge in [0.2, 0.25) is 5.91 Å². The number of piperazine rings is 1. The Morgan fingerprint density at radius 2 is 1.83 bits per heavy atom. The molecule has 5 heteroatoms. The van der Waals surface area contributed by atoms with Crippen LogP contribution < -0.4 is 0 Å². The summed E-state index contributed by atoms with van der Waals surface area (Å²) in [4.78, 5) is 17.3. The minimum Gasteiger partial charge on any atom is -0.340 e. The van der Waals surface area contributed by atoms with Crippen LogP contribution in [0.1, 0.15) is 17.7 Å². The van der Waals surface area contributed by atoms with E-state index in [1.165, 1.54) is 11.3 Å². The van der Waals surface area contributed by atoms with Gasteiger partial charge < -0.3 is 4.90 Å². The first-order valence-corrected chi connectivity index (χ1v) is 8.85. The highest BCUT2D eigenvalue weighted by atomic mass is 16.2. The number of benzene rings is 1. The molecule has 2 aliphatic rings. The lowest BCUT2D eigenvalue weighted by molar-refractivity contribution is -0.138. The number of amides is 1. The first-order valence-electron chi connectivity index (χ1n) is 8.85. The second-order valence-corrected chi connectivity index (χ2v) is 6.82. The summed E-state index contributed by atoms with van der Waals surface area (Å²) in [7, 11) is 0. The fourth-order valence-corrected chi connectivity index (χ4v) is 3.80. The quantitative estimate of drug-likeness (QED) is 0.864. The van der Waals surface area contributed by atoms with Crippen molar-refractivity contribution in [3.05, 3.63) is 53.9 Å². The Labute approximate surface area is 142 Å². The molecule has 0 radical (unpaired) electrons. The van der Waals surface area contributed by atoms with Gasteiger partial charge in [0.15, 0.2) is 0 Å². The van der Waals surface area contributed by atoms with E-state index in [9.17, 15) is 4.79 Å². The number of carbonyl (C=O) groups is 1. The van der Waals surface area contributed by atoms with E-state index in [0.29, 0.717) is 5.91 Å². The van der Waals surface area contributed by atoms with E-state index in [2.05, 4.69) is 45.2 Å². The van der Waals surface area contributed by atoms with Crippen molar-refractivity contribution in [3.8, 4) is 0 Å². The maximum absolute atomic E-state index is 12.8. The first-order chi connectivity index (χ1) is 11.8. The SMILES string of the molecule is O=C(C1CCn2nccc2C1)N1CCN(Cc2ccccc2)CC1. The average molecular weight is 324 g/mol. The normalized spacial score (nSPS) is 21.5. The zero-order valence-electron chi connectivity index (χ0n) is 14.0. The summed E-state index contributed by atoms with van der Waals surface area (Å²) in [6.07, 6.45) is 3.59. The van der Waals surface area contributed by atoms with Crippen LogP contribution in [0, 0.1) is 5.92 Å². The van der Waals surface area contributed by atoms with Gasteiger partial charge >= 0.3 is 0 Å². The summed E-state index contributed by atoms with van der Waals surface area (Å²) in [5.74, 6) is 0.469. The van der Waals surface area contributed by atoms with Gasteiger partial charge in [0.25, 0.3) is 0 Å². The summed E-state index contributed by atoms with van der Waals surface area (Å²) in [6, 6.07) is 12.6. The molecule has 1 atom stereocenters. The third-order valence-electron chi connectivity index (χ3n) is 5.23. The zero-order valence-corrected chi connectivity index (χ0v) is 14.0. The highest BCUT2D eigenvalue weighted by Crippen LogP contribution is 2.22. The summed E-state index contributed by atoms with van der Waals surface area (Å²) >= 11 is 0. The molecule has 1 aromatic heterocycles. The molecule has 1 unspecified atom stereocenters. The minimum absolute atomic E-state index is 0.134. The van der Waals surface area contributed by atoms with Crippen LogP contribution in [0.25, 0.3) is 0 Å². The van der Waals surface area contributed by atoms with Gasteiger partial charge in [-0.1, -0.05) is 30.3 Å². The Kier molecular flexibility index (Phi) is 4.34. The van der Waals surface area contributed by atoms with Gasteiger partial charge in [-0.15, -0.1) is 0 Å². The Balaban J connectivity index is 1.30. The van der Waals surface area contributed by atoms with Crippen LogP contribution in [-0.2, 0) is 24.3 Å². The van der Waals surface area contributed by atoms with Crippen molar-refractivity contribution in [1.29, 1.82) is 0 Å². The number of aryl methyl sites for hydroxylation is 1. The second kappa shape index (κ2) is 6.77. The largest absolute Gasteiger partial charge is 0.340 e. The lowest BCUT2D eigenvalue weighted by Gasteiger charge is -2.37. The third-order valence-corrected chi connectivity index (χ3v) is 5.23. The van der Waals surface area contributed by atoms with Crippen LogP contribution >= 0.6 is 0 Å². The minimum atomic E-state index is 0.134. The topological polar surface area (TPSA) is 41.4 Å². The molecule has 1 fully saturated rings. The molecule has 5 nitrogen and oxygen atoms in total. The van der Waals surface area contributed by atoms with Crippen molar-refractivity contribution in [2.24, 2.45) is 5.92 Å². The second-order valence-electron chi connectivity index (χ2n) is 6.82. The van der Waals surface area contributed by atoms with Crippen LogP contribution in [0.15, 0.2) is 42.6 Å². The van der Waals surface area contributed by atoms with E-state index in [0.717, 1.165) is 52.1 Å². The van der Waals surface area contributed by atoms with E-state index in [1.54, 1.807) is 0 Å². The number of aromatic nitrogens is 2. The summed E-state index contributed by atoms with van der Waals surface area (Å²) in [5, 5.41) is 4.30. The molecule has 1 saturated heterocycles. The Bertz CT molecular complexity index is 688. The van der Waals surface area contributed by atoms with E-state index >= 15 is 0 Å². The molecule has 126 valence electrons. The molecule has 24 heavy (non-hydrogen) atoms. The summed E-state index contributed by atoms with van der Waals surface area (Å²) in [6.45, 7) is 5.47. The van der Waals surface area contributed by atoms with Crippen LogP contribution in [0.5, 0.6) is 0 Å². The molecule has 2 aromatic rings. The Morgan fingerprint density at radius 1 is 1.04 bits per heavy atom. The summed E-state index contributed by atoms with van der Waals surface area (Å²) in [5.41, 5.74) is 2.54. The average Bonchev–Trinajstić information content (AvgIpc) is 3.10. The Hall–Kier alpha value is -2.14. The van der Waals surface area contributed by atoms with Gasteiger partial charge in [0.1, 0.15) is 0 Å². The monoisotopic (exact) mass is 324 g/mol. The van der Waals surface area contributed by atoms with Gasteiger partial charge in [-0.05, 0) is 18.1 Å². The highest BCUT2D eigenvalue weighted by Gasteiger charge is 2.30. The predicted octanol–water partition coefficient (Wildman–Crippen LogP) is 1.79. The molecule has 0 N–H and O–H groups in total. The first kappa shape index (κ1) is 15.4. The fraction of sp³-hybridized carbons (Fsp3) is 0.474. The van der Waals surface area contributed by atoms with Crippen molar-refractivity contribution < 1.29 is 4.79 Å². The molecule has 2 aliphatic heterocycles. The van der Waals surface area contributed by atoms with Crippen molar-refractivity contribution in [2.75, 3.05) is 26.2 Å². The molecule has 0 bridgehead atoms. The van der Waals surface area contributed by atoms with Gasteiger partial charge in [-0.25, -0.2) is 0 Å². The van der Waals surface area contributed by atoms with E-state index in [1.807, 2.05) is 16.9 Å². The molecule has 1 amide bonds. The van der Waals surface area contributed by atoms with Gasteiger partial charge in [0, 0.05) is 63.5 Å². The lowest BCUT2D eigenvalue weighted by atomic mass is 9.94. The van der Waals surface area contributed by atoms with Crippen molar-refractivity contribution in [1.82, 2.24) is 19.6 Å². The van der Waals surface area contributed by atoms with E-state index in [4.69, 9.17) is 0 Å². The molecule has 4 rings (SSSR count). The molecular weight excluding hydrogens is 300 g/mol. The van der Waals surface area contributed by atoms with E-state index in [-0.39, 0.29) is 5.92 Å². The van der Waals surface area contributed by atoms with Crippen molar-refractivity contribution in [2.45, 2.75) is 25.9 Å².